The Morgan fingerprint density at radius 2 is 1.82 bits per heavy atom. The molecule has 0 aliphatic heterocycles. The van der Waals surface area contributed by atoms with Crippen LogP contribution >= 0.6 is 0 Å². The summed E-state index contributed by atoms with van der Waals surface area (Å²) in [5.74, 6) is -0.881. The van der Waals surface area contributed by atoms with Crippen LogP contribution < -0.4 is 16.0 Å². The van der Waals surface area contributed by atoms with Gasteiger partial charge in [-0.25, -0.2) is 9.18 Å². The number of aryl methyl sites for hydroxylation is 1. The fraction of sp³-hybridized carbons (Fsp3) is 0.125. The van der Waals surface area contributed by atoms with Gasteiger partial charge in [-0.2, -0.15) is 0 Å². The number of carbonyl (C=O) groups is 2. The third-order valence-corrected chi connectivity index (χ3v) is 2.91. The van der Waals surface area contributed by atoms with Gasteiger partial charge in [0.2, 0.25) is 5.91 Å². The summed E-state index contributed by atoms with van der Waals surface area (Å²) in [5.41, 5.74) is 1.93. The van der Waals surface area contributed by atoms with E-state index in [0.29, 0.717) is 11.4 Å². The van der Waals surface area contributed by atoms with E-state index in [1.165, 1.54) is 18.2 Å². The van der Waals surface area contributed by atoms with Crippen LogP contribution in [0, 0.1) is 12.7 Å². The molecule has 22 heavy (non-hydrogen) atoms. The molecule has 0 aliphatic carbocycles. The second-order valence-electron chi connectivity index (χ2n) is 4.68. The number of anilines is 2. The smallest absolute Gasteiger partial charge is 0.319 e. The first-order valence-corrected chi connectivity index (χ1v) is 6.70. The minimum absolute atomic E-state index is 0.214. The normalized spacial score (nSPS) is 9.91. The summed E-state index contributed by atoms with van der Waals surface area (Å²) in [6.07, 6.45) is 0. The van der Waals surface area contributed by atoms with Crippen LogP contribution in [-0.2, 0) is 4.79 Å². The third kappa shape index (κ3) is 4.59. The second kappa shape index (κ2) is 7.21. The zero-order chi connectivity index (χ0) is 15.9. The molecule has 6 heteroatoms. The highest BCUT2D eigenvalue weighted by molar-refractivity contribution is 5.97. The number of nitrogens with one attached hydrogen (secondary N) is 3. The fourth-order valence-electron chi connectivity index (χ4n) is 1.81. The Morgan fingerprint density at radius 1 is 1.05 bits per heavy atom. The van der Waals surface area contributed by atoms with Crippen molar-refractivity contribution in [2.75, 3.05) is 17.2 Å². The second-order valence-corrected chi connectivity index (χ2v) is 4.68. The van der Waals surface area contributed by atoms with Crippen LogP contribution in [0.1, 0.15) is 5.56 Å². The third-order valence-electron chi connectivity index (χ3n) is 2.91. The van der Waals surface area contributed by atoms with Gasteiger partial charge in [0.1, 0.15) is 5.82 Å². The van der Waals surface area contributed by atoms with Gasteiger partial charge in [0.15, 0.2) is 0 Å². The van der Waals surface area contributed by atoms with Crippen molar-refractivity contribution in [3.05, 3.63) is 59.9 Å². The summed E-state index contributed by atoms with van der Waals surface area (Å²) in [5, 5.41) is 7.58. The van der Waals surface area contributed by atoms with Gasteiger partial charge < -0.3 is 16.0 Å². The molecule has 2 aromatic carbocycles. The van der Waals surface area contributed by atoms with Crippen molar-refractivity contribution in [2.45, 2.75) is 6.92 Å². The largest absolute Gasteiger partial charge is 0.329 e. The van der Waals surface area contributed by atoms with Crippen LogP contribution in [0.3, 0.4) is 0 Å². The van der Waals surface area contributed by atoms with E-state index in [-0.39, 0.29) is 6.54 Å². The van der Waals surface area contributed by atoms with Crippen LogP contribution in [0.2, 0.25) is 0 Å². The van der Waals surface area contributed by atoms with Crippen LogP contribution in [0.4, 0.5) is 20.6 Å². The molecule has 0 aliphatic rings. The number of halogens is 1. The lowest BCUT2D eigenvalue weighted by Gasteiger charge is -2.10. The average molecular weight is 301 g/mol. The lowest BCUT2D eigenvalue weighted by Crippen LogP contribution is -2.35. The maximum Gasteiger partial charge on any atom is 0.319 e. The Kier molecular flexibility index (Phi) is 5.08. The van der Waals surface area contributed by atoms with Gasteiger partial charge >= 0.3 is 6.03 Å². The average Bonchev–Trinajstić information content (AvgIpc) is 2.48. The zero-order valence-electron chi connectivity index (χ0n) is 12.0. The number of hydrogen-bond donors (Lipinski definition) is 3. The van der Waals surface area contributed by atoms with Gasteiger partial charge in [-0.15, -0.1) is 0 Å². The molecule has 114 valence electrons. The van der Waals surface area contributed by atoms with Crippen molar-refractivity contribution in [1.29, 1.82) is 0 Å². The van der Waals surface area contributed by atoms with Gasteiger partial charge in [-0.1, -0.05) is 24.3 Å². The van der Waals surface area contributed by atoms with Crippen LogP contribution in [-0.4, -0.2) is 18.5 Å². The minimum Gasteiger partial charge on any atom is -0.329 e. The van der Waals surface area contributed by atoms with E-state index in [1.54, 1.807) is 18.2 Å². The standard InChI is InChI=1S/C16H16FN3O2/c1-11-5-2-3-8-14(11)20-16(22)18-10-15(21)19-13-7-4-6-12(17)9-13/h2-9H,10H2,1H3,(H,19,21)(H2,18,20,22). The van der Waals surface area contributed by atoms with E-state index in [2.05, 4.69) is 16.0 Å². The quantitative estimate of drug-likeness (QED) is 0.812. The molecule has 0 aromatic heterocycles. The molecule has 0 saturated heterocycles. The SMILES string of the molecule is Cc1ccccc1NC(=O)NCC(=O)Nc1cccc(F)c1. The van der Waals surface area contributed by atoms with Crippen molar-refractivity contribution in [3.8, 4) is 0 Å². The molecule has 0 spiro atoms. The lowest BCUT2D eigenvalue weighted by molar-refractivity contribution is -0.115. The van der Waals surface area contributed by atoms with E-state index in [0.717, 1.165) is 5.56 Å². The molecule has 0 unspecified atom stereocenters. The molecule has 5 nitrogen and oxygen atoms in total. The van der Waals surface area contributed by atoms with Crippen molar-refractivity contribution in [1.82, 2.24) is 5.32 Å². The number of rotatable bonds is 4. The molecule has 0 saturated carbocycles. The van der Waals surface area contributed by atoms with E-state index >= 15 is 0 Å². The first-order valence-electron chi connectivity index (χ1n) is 6.70. The molecule has 2 aromatic rings. The Morgan fingerprint density at radius 3 is 2.55 bits per heavy atom. The summed E-state index contributed by atoms with van der Waals surface area (Å²) in [4.78, 5) is 23.4. The zero-order valence-corrected chi connectivity index (χ0v) is 12.0. The fourth-order valence-corrected chi connectivity index (χ4v) is 1.81. The highest BCUT2D eigenvalue weighted by Gasteiger charge is 2.07. The maximum absolute atomic E-state index is 13.0. The highest BCUT2D eigenvalue weighted by atomic mass is 19.1. The summed E-state index contributed by atoms with van der Waals surface area (Å²) in [6.45, 7) is 1.65. The van der Waals surface area contributed by atoms with E-state index in [9.17, 15) is 14.0 Å². The van der Waals surface area contributed by atoms with Crippen molar-refractivity contribution >= 4 is 23.3 Å². The van der Waals surface area contributed by atoms with E-state index in [4.69, 9.17) is 0 Å². The molecule has 3 N–H and O–H groups in total. The predicted molar refractivity (Wildman–Crippen MR) is 83.2 cm³/mol. The Hall–Kier alpha value is -2.89. The monoisotopic (exact) mass is 301 g/mol. The predicted octanol–water partition coefficient (Wildman–Crippen LogP) is 2.89. The summed E-state index contributed by atoms with van der Waals surface area (Å²) in [6, 6.07) is 12.4. The van der Waals surface area contributed by atoms with Crippen LogP contribution in [0.5, 0.6) is 0 Å². The number of urea groups is 1. The number of benzene rings is 2. The molecule has 2 rings (SSSR count). The van der Waals surface area contributed by atoms with Crippen molar-refractivity contribution in [2.24, 2.45) is 0 Å². The van der Waals surface area contributed by atoms with Gasteiger partial charge in [0, 0.05) is 11.4 Å². The molecule has 0 heterocycles. The van der Waals surface area contributed by atoms with Crippen molar-refractivity contribution < 1.29 is 14.0 Å². The molecule has 0 fully saturated rings. The van der Waals surface area contributed by atoms with Gasteiger partial charge in [-0.3, -0.25) is 4.79 Å². The summed E-state index contributed by atoms with van der Waals surface area (Å²) >= 11 is 0. The number of amides is 3. The van der Waals surface area contributed by atoms with Gasteiger partial charge in [0.05, 0.1) is 6.54 Å². The number of carbonyl (C=O) groups excluding carboxylic acids is 2. The molecule has 0 bridgehead atoms. The molecule has 0 atom stereocenters. The van der Waals surface area contributed by atoms with Crippen molar-refractivity contribution in [3.63, 3.8) is 0 Å². The Bertz CT molecular complexity index is 689. The van der Waals surface area contributed by atoms with E-state index < -0.39 is 17.8 Å². The molecular weight excluding hydrogens is 285 g/mol. The van der Waals surface area contributed by atoms with E-state index in [1.807, 2.05) is 19.1 Å². The number of para-hydroxylation sites is 1. The topological polar surface area (TPSA) is 70.2 Å². The van der Waals surface area contributed by atoms with Gasteiger partial charge in [-0.05, 0) is 36.8 Å². The summed E-state index contributed by atoms with van der Waals surface area (Å²) < 4.78 is 13.0. The Balaban J connectivity index is 1.81. The molecular formula is C16H16FN3O2. The lowest BCUT2D eigenvalue weighted by atomic mass is 10.2. The summed E-state index contributed by atoms with van der Waals surface area (Å²) in [7, 11) is 0. The van der Waals surface area contributed by atoms with Gasteiger partial charge in [0.25, 0.3) is 0 Å². The minimum atomic E-state index is -0.483. The number of hydrogen-bond acceptors (Lipinski definition) is 2. The molecule has 3 amide bonds. The maximum atomic E-state index is 13.0. The first-order chi connectivity index (χ1) is 10.5. The first kappa shape index (κ1) is 15.5. The Labute approximate surface area is 127 Å². The van der Waals surface area contributed by atoms with Crippen LogP contribution in [0.15, 0.2) is 48.5 Å². The molecule has 0 radical (unpaired) electrons. The highest BCUT2D eigenvalue weighted by Crippen LogP contribution is 2.12. The van der Waals surface area contributed by atoms with Crippen LogP contribution in [0.25, 0.3) is 0 Å².